The molecule has 2 heterocycles. The van der Waals surface area contributed by atoms with Gasteiger partial charge >= 0.3 is 0 Å². The van der Waals surface area contributed by atoms with Crippen molar-refractivity contribution >= 4 is 10.0 Å². The SMILES string of the molecule is O=S(=O)(c1ccc2c(c1)CCC2)N1CCN(Cc2ccc(OCc3ccccn3)cc2)CC1. The summed E-state index contributed by atoms with van der Waals surface area (Å²) in [6, 6.07) is 19.5. The van der Waals surface area contributed by atoms with Crippen LogP contribution in [0.2, 0.25) is 0 Å². The van der Waals surface area contributed by atoms with E-state index in [0.29, 0.717) is 24.6 Å². The van der Waals surface area contributed by atoms with Gasteiger partial charge in [-0.25, -0.2) is 8.42 Å². The van der Waals surface area contributed by atoms with E-state index in [4.69, 9.17) is 4.74 Å². The van der Waals surface area contributed by atoms with Crippen molar-refractivity contribution in [2.75, 3.05) is 26.2 Å². The topological polar surface area (TPSA) is 62.7 Å². The lowest BCUT2D eigenvalue weighted by molar-refractivity contribution is 0.181. The van der Waals surface area contributed by atoms with Gasteiger partial charge in [-0.15, -0.1) is 0 Å². The van der Waals surface area contributed by atoms with E-state index in [9.17, 15) is 8.42 Å². The minimum Gasteiger partial charge on any atom is -0.487 e. The number of pyridine rings is 1. The highest BCUT2D eigenvalue weighted by molar-refractivity contribution is 7.89. The maximum absolute atomic E-state index is 13.1. The van der Waals surface area contributed by atoms with E-state index >= 15 is 0 Å². The zero-order valence-corrected chi connectivity index (χ0v) is 19.5. The molecule has 0 N–H and O–H groups in total. The van der Waals surface area contributed by atoms with Gasteiger partial charge in [0.1, 0.15) is 12.4 Å². The van der Waals surface area contributed by atoms with Gasteiger partial charge in [0.25, 0.3) is 0 Å². The Morgan fingerprint density at radius 2 is 1.67 bits per heavy atom. The summed E-state index contributed by atoms with van der Waals surface area (Å²) in [6.45, 7) is 3.73. The van der Waals surface area contributed by atoms with Gasteiger partial charge in [-0.2, -0.15) is 4.31 Å². The summed E-state index contributed by atoms with van der Waals surface area (Å²) in [6.07, 6.45) is 4.93. The van der Waals surface area contributed by atoms with Crippen LogP contribution in [0, 0.1) is 0 Å². The van der Waals surface area contributed by atoms with Crippen molar-refractivity contribution in [3.8, 4) is 5.75 Å². The fourth-order valence-electron chi connectivity index (χ4n) is 4.58. The first-order chi connectivity index (χ1) is 16.1. The molecule has 2 aromatic carbocycles. The Balaban J connectivity index is 1.14. The van der Waals surface area contributed by atoms with Crippen molar-refractivity contribution < 1.29 is 13.2 Å². The minimum absolute atomic E-state index is 0.442. The molecule has 0 spiro atoms. The molecule has 1 saturated heterocycles. The summed E-state index contributed by atoms with van der Waals surface area (Å²) >= 11 is 0. The molecule has 6 nitrogen and oxygen atoms in total. The minimum atomic E-state index is -3.43. The van der Waals surface area contributed by atoms with Crippen molar-refractivity contribution in [3.05, 3.63) is 89.2 Å². The van der Waals surface area contributed by atoms with E-state index in [2.05, 4.69) is 22.0 Å². The van der Waals surface area contributed by atoms with Crippen molar-refractivity contribution in [2.24, 2.45) is 0 Å². The molecule has 0 saturated carbocycles. The maximum Gasteiger partial charge on any atom is 0.243 e. The van der Waals surface area contributed by atoms with Crippen LogP contribution in [0.25, 0.3) is 0 Å². The Kier molecular flexibility index (Phi) is 6.44. The predicted octanol–water partition coefficient (Wildman–Crippen LogP) is 3.66. The lowest BCUT2D eigenvalue weighted by Crippen LogP contribution is -2.48. The zero-order valence-electron chi connectivity index (χ0n) is 18.7. The molecular weight excluding hydrogens is 434 g/mol. The van der Waals surface area contributed by atoms with Crippen LogP contribution in [0.3, 0.4) is 0 Å². The van der Waals surface area contributed by atoms with Crippen molar-refractivity contribution in [3.63, 3.8) is 0 Å². The molecule has 33 heavy (non-hydrogen) atoms. The molecule has 172 valence electrons. The molecule has 0 atom stereocenters. The number of rotatable bonds is 7. The Morgan fingerprint density at radius 1 is 0.879 bits per heavy atom. The maximum atomic E-state index is 13.1. The van der Waals surface area contributed by atoms with Gasteiger partial charge in [-0.1, -0.05) is 24.3 Å². The first-order valence-electron chi connectivity index (χ1n) is 11.5. The Bertz CT molecular complexity index is 1190. The molecule has 1 aliphatic carbocycles. The second-order valence-corrected chi connectivity index (χ2v) is 10.7. The number of hydrogen-bond donors (Lipinski definition) is 0. The molecule has 0 radical (unpaired) electrons. The van der Waals surface area contributed by atoms with Crippen LogP contribution in [0.1, 0.15) is 28.8 Å². The molecule has 2 aliphatic rings. The molecule has 5 rings (SSSR count). The van der Waals surface area contributed by atoms with Crippen LogP contribution in [-0.4, -0.2) is 48.8 Å². The van der Waals surface area contributed by atoms with Gasteiger partial charge in [-0.3, -0.25) is 9.88 Å². The summed E-state index contributed by atoms with van der Waals surface area (Å²) in [5.74, 6) is 0.815. The second-order valence-electron chi connectivity index (χ2n) is 8.72. The van der Waals surface area contributed by atoms with Gasteiger partial charge in [-0.05, 0) is 72.4 Å². The van der Waals surface area contributed by atoms with Crippen LogP contribution < -0.4 is 4.74 Å². The van der Waals surface area contributed by atoms with E-state index in [1.54, 1.807) is 16.6 Å². The number of fused-ring (bicyclic) bond motifs is 1. The number of piperazine rings is 1. The van der Waals surface area contributed by atoms with E-state index in [0.717, 1.165) is 50.3 Å². The van der Waals surface area contributed by atoms with Gasteiger partial charge in [0.2, 0.25) is 10.0 Å². The highest BCUT2D eigenvalue weighted by atomic mass is 32.2. The molecule has 0 bridgehead atoms. The Hall–Kier alpha value is -2.74. The van der Waals surface area contributed by atoms with Crippen molar-refractivity contribution in [1.29, 1.82) is 0 Å². The van der Waals surface area contributed by atoms with Crippen molar-refractivity contribution in [2.45, 2.75) is 37.3 Å². The normalized spacial score (nSPS) is 17.1. The summed E-state index contributed by atoms with van der Waals surface area (Å²) in [7, 11) is -3.43. The molecule has 1 aromatic heterocycles. The van der Waals surface area contributed by atoms with Crippen LogP contribution >= 0.6 is 0 Å². The summed E-state index contributed by atoms with van der Waals surface area (Å²) in [5, 5.41) is 0. The van der Waals surface area contributed by atoms with Gasteiger partial charge in [0.05, 0.1) is 10.6 Å². The summed E-state index contributed by atoms with van der Waals surface area (Å²) < 4.78 is 33.7. The highest BCUT2D eigenvalue weighted by Gasteiger charge is 2.29. The van der Waals surface area contributed by atoms with Crippen LogP contribution in [-0.2, 0) is 36.0 Å². The van der Waals surface area contributed by atoms with Gasteiger partial charge in [0.15, 0.2) is 0 Å². The lowest BCUT2D eigenvalue weighted by atomic mass is 10.1. The number of sulfonamides is 1. The molecular formula is C26H29N3O3S. The number of aromatic nitrogens is 1. The van der Waals surface area contributed by atoms with E-state index in [-0.39, 0.29) is 0 Å². The van der Waals surface area contributed by atoms with Crippen LogP contribution in [0.4, 0.5) is 0 Å². The average Bonchev–Trinajstić information content (AvgIpc) is 3.33. The zero-order chi connectivity index (χ0) is 22.7. The van der Waals surface area contributed by atoms with Gasteiger partial charge in [0, 0.05) is 38.9 Å². The third-order valence-corrected chi connectivity index (χ3v) is 8.38. The van der Waals surface area contributed by atoms with Gasteiger partial charge < -0.3 is 4.74 Å². The number of benzene rings is 2. The summed E-state index contributed by atoms with van der Waals surface area (Å²) in [4.78, 5) is 7.01. The monoisotopic (exact) mass is 463 g/mol. The molecule has 7 heteroatoms. The fourth-order valence-corrected chi connectivity index (χ4v) is 6.05. The molecule has 3 aromatic rings. The Labute approximate surface area is 195 Å². The highest BCUT2D eigenvalue weighted by Crippen LogP contribution is 2.27. The largest absolute Gasteiger partial charge is 0.487 e. The number of aryl methyl sites for hydroxylation is 2. The standard InChI is InChI=1S/C26H29N3O3S/c30-33(31,26-12-9-22-4-3-5-23(22)18-26)29-16-14-28(15-17-29)19-21-7-10-25(11-8-21)32-20-24-6-1-2-13-27-24/h1-2,6-13,18H,3-5,14-17,19-20H2. The molecule has 0 amide bonds. The number of hydrogen-bond acceptors (Lipinski definition) is 5. The molecule has 0 unspecified atom stereocenters. The van der Waals surface area contributed by atoms with Crippen molar-refractivity contribution in [1.82, 2.24) is 14.2 Å². The predicted molar refractivity (Wildman–Crippen MR) is 128 cm³/mol. The lowest BCUT2D eigenvalue weighted by Gasteiger charge is -2.34. The fraction of sp³-hybridized carbons (Fsp3) is 0.346. The van der Waals surface area contributed by atoms with E-state index < -0.39 is 10.0 Å². The molecule has 1 aliphatic heterocycles. The number of ether oxygens (including phenoxy) is 1. The van der Waals surface area contributed by atoms with Crippen LogP contribution in [0.15, 0.2) is 71.8 Å². The average molecular weight is 464 g/mol. The van der Waals surface area contributed by atoms with E-state index in [1.165, 1.54) is 16.7 Å². The third-order valence-electron chi connectivity index (χ3n) is 6.48. The quantitative estimate of drug-likeness (QED) is 0.535. The first kappa shape index (κ1) is 22.1. The summed E-state index contributed by atoms with van der Waals surface area (Å²) in [5.41, 5.74) is 4.58. The second kappa shape index (κ2) is 9.63. The Morgan fingerprint density at radius 3 is 2.42 bits per heavy atom. The van der Waals surface area contributed by atoms with Crippen LogP contribution in [0.5, 0.6) is 5.75 Å². The molecule has 1 fully saturated rings. The smallest absolute Gasteiger partial charge is 0.243 e. The number of nitrogens with zero attached hydrogens (tertiary/aromatic N) is 3. The first-order valence-corrected chi connectivity index (χ1v) is 13.0. The third kappa shape index (κ3) is 5.11. The van der Waals surface area contributed by atoms with E-state index in [1.807, 2.05) is 42.5 Å².